The van der Waals surface area contributed by atoms with Gasteiger partial charge in [0.2, 0.25) is 5.91 Å². The largest absolute Gasteiger partial charge is 0.484 e. The zero-order valence-electron chi connectivity index (χ0n) is 18.8. The molecule has 2 amide bonds. The van der Waals surface area contributed by atoms with Crippen molar-refractivity contribution in [3.8, 4) is 5.75 Å². The van der Waals surface area contributed by atoms with E-state index in [9.17, 15) is 9.59 Å². The van der Waals surface area contributed by atoms with Gasteiger partial charge in [0, 0.05) is 13.1 Å². The van der Waals surface area contributed by atoms with E-state index in [1.807, 2.05) is 62.4 Å². The van der Waals surface area contributed by atoms with Gasteiger partial charge in [-0.15, -0.1) is 0 Å². The number of aryl methyl sites for hydroxylation is 1. The minimum absolute atomic E-state index is 0.113. The highest BCUT2D eigenvalue weighted by Gasteiger charge is 2.26. The van der Waals surface area contributed by atoms with E-state index in [-0.39, 0.29) is 18.4 Å². The molecule has 0 aliphatic carbocycles. The molecule has 1 N–H and O–H groups in total. The van der Waals surface area contributed by atoms with Gasteiger partial charge in [-0.25, -0.2) is 0 Å². The Morgan fingerprint density at radius 1 is 1.00 bits per heavy atom. The first-order valence-electron chi connectivity index (χ1n) is 10.7. The highest BCUT2D eigenvalue weighted by atomic mass is 16.5. The van der Waals surface area contributed by atoms with Crippen molar-refractivity contribution in [1.82, 2.24) is 10.2 Å². The second-order valence-corrected chi connectivity index (χ2v) is 7.99. The van der Waals surface area contributed by atoms with E-state index in [1.165, 1.54) is 5.56 Å². The lowest BCUT2D eigenvalue weighted by molar-refractivity contribution is -0.142. The maximum atomic E-state index is 13.0. The average Bonchev–Trinajstić information content (AvgIpc) is 2.75. The van der Waals surface area contributed by atoms with Crippen LogP contribution >= 0.6 is 0 Å². The fourth-order valence-electron chi connectivity index (χ4n) is 3.05. The number of nitrogens with one attached hydrogen (secondary N) is 1. The Balaban J connectivity index is 2.09. The van der Waals surface area contributed by atoms with Crippen LogP contribution in [-0.4, -0.2) is 35.9 Å². The number of ether oxygens (including phenoxy) is 1. The minimum atomic E-state index is -0.586. The summed E-state index contributed by atoms with van der Waals surface area (Å²) in [4.78, 5) is 27.1. The van der Waals surface area contributed by atoms with Gasteiger partial charge >= 0.3 is 0 Å². The molecule has 0 spiro atoms. The summed E-state index contributed by atoms with van der Waals surface area (Å²) in [5.74, 6) is 0.709. The molecular weight excluding hydrogens is 376 g/mol. The lowest BCUT2D eigenvalue weighted by Crippen LogP contribution is -2.49. The van der Waals surface area contributed by atoms with E-state index in [2.05, 4.69) is 19.2 Å². The summed E-state index contributed by atoms with van der Waals surface area (Å²) in [6, 6.07) is 15.2. The van der Waals surface area contributed by atoms with Crippen LogP contribution in [0.4, 0.5) is 0 Å². The van der Waals surface area contributed by atoms with Crippen molar-refractivity contribution in [1.29, 1.82) is 0 Å². The topological polar surface area (TPSA) is 58.6 Å². The molecule has 0 fully saturated rings. The van der Waals surface area contributed by atoms with E-state index in [4.69, 9.17) is 4.74 Å². The number of rotatable bonds is 10. The molecule has 5 nitrogen and oxygen atoms in total. The number of carbonyl (C=O) groups is 2. The van der Waals surface area contributed by atoms with Crippen LogP contribution in [0.1, 0.15) is 56.7 Å². The number of hydrogen-bond donors (Lipinski definition) is 1. The van der Waals surface area contributed by atoms with Crippen LogP contribution in [0, 0.1) is 6.92 Å². The highest BCUT2D eigenvalue weighted by Crippen LogP contribution is 2.19. The van der Waals surface area contributed by atoms with Crippen molar-refractivity contribution >= 4 is 11.8 Å². The number of carbonyl (C=O) groups excluding carboxylic acids is 2. The number of amides is 2. The molecule has 2 rings (SSSR count). The highest BCUT2D eigenvalue weighted by molar-refractivity contribution is 5.87. The number of hydrogen-bond acceptors (Lipinski definition) is 3. The molecule has 0 aliphatic heterocycles. The van der Waals surface area contributed by atoms with Crippen molar-refractivity contribution < 1.29 is 14.3 Å². The maximum absolute atomic E-state index is 13.0. The Morgan fingerprint density at radius 2 is 1.63 bits per heavy atom. The van der Waals surface area contributed by atoms with Crippen LogP contribution in [0.25, 0.3) is 0 Å². The molecule has 1 atom stereocenters. The van der Waals surface area contributed by atoms with E-state index in [0.29, 0.717) is 24.8 Å². The van der Waals surface area contributed by atoms with Crippen molar-refractivity contribution in [2.45, 2.75) is 59.5 Å². The monoisotopic (exact) mass is 410 g/mol. The van der Waals surface area contributed by atoms with E-state index >= 15 is 0 Å². The molecule has 2 aromatic carbocycles. The molecule has 2 aromatic rings. The Hall–Kier alpha value is -2.82. The predicted molar refractivity (Wildman–Crippen MR) is 121 cm³/mol. The SMILES string of the molecule is CCCNC(=O)[C@H](C)N(Cc1ccc(C)cc1)C(=O)COc1ccc(C(C)C)cc1. The number of benzene rings is 2. The van der Waals surface area contributed by atoms with Crippen molar-refractivity contribution in [2.75, 3.05) is 13.2 Å². The smallest absolute Gasteiger partial charge is 0.261 e. The van der Waals surface area contributed by atoms with Crippen LogP contribution in [0.5, 0.6) is 5.75 Å². The van der Waals surface area contributed by atoms with Crippen LogP contribution in [-0.2, 0) is 16.1 Å². The molecule has 0 heterocycles. The van der Waals surface area contributed by atoms with Crippen LogP contribution in [0.15, 0.2) is 48.5 Å². The zero-order valence-corrected chi connectivity index (χ0v) is 18.8. The van der Waals surface area contributed by atoms with E-state index in [1.54, 1.807) is 11.8 Å². The second-order valence-electron chi connectivity index (χ2n) is 7.99. The molecule has 0 saturated carbocycles. The van der Waals surface area contributed by atoms with Gasteiger partial charge < -0.3 is 15.0 Å². The third-order valence-corrected chi connectivity index (χ3v) is 5.10. The average molecular weight is 411 g/mol. The van der Waals surface area contributed by atoms with Gasteiger partial charge in [0.25, 0.3) is 5.91 Å². The van der Waals surface area contributed by atoms with Gasteiger partial charge in [-0.3, -0.25) is 9.59 Å². The van der Waals surface area contributed by atoms with E-state index in [0.717, 1.165) is 17.5 Å². The van der Waals surface area contributed by atoms with Crippen LogP contribution in [0.3, 0.4) is 0 Å². The second kappa shape index (κ2) is 11.4. The van der Waals surface area contributed by atoms with Crippen LogP contribution < -0.4 is 10.1 Å². The maximum Gasteiger partial charge on any atom is 0.261 e. The Labute approximate surface area is 180 Å². The summed E-state index contributed by atoms with van der Waals surface area (Å²) in [7, 11) is 0. The first-order chi connectivity index (χ1) is 14.3. The third kappa shape index (κ3) is 6.90. The molecule has 0 bridgehead atoms. The van der Waals surface area contributed by atoms with Gasteiger partial charge in [0.15, 0.2) is 6.61 Å². The quantitative estimate of drug-likeness (QED) is 0.630. The molecule has 0 radical (unpaired) electrons. The predicted octanol–water partition coefficient (Wildman–Crippen LogP) is 4.44. The Kier molecular flexibility index (Phi) is 8.90. The first kappa shape index (κ1) is 23.5. The van der Waals surface area contributed by atoms with Gasteiger partial charge in [-0.05, 0) is 49.4 Å². The number of nitrogens with zero attached hydrogens (tertiary/aromatic N) is 1. The summed E-state index contributed by atoms with van der Waals surface area (Å²) >= 11 is 0. The molecule has 30 heavy (non-hydrogen) atoms. The Bertz CT molecular complexity index is 813. The van der Waals surface area contributed by atoms with Gasteiger partial charge in [-0.2, -0.15) is 0 Å². The van der Waals surface area contributed by atoms with Gasteiger partial charge in [0.05, 0.1) is 0 Å². The fourth-order valence-corrected chi connectivity index (χ4v) is 3.05. The minimum Gasteiger partial charge on any atom is -0.484 e. The summed E-state index contributed by atoms with van der Waals surface area (Å²) in [5.41, 5.74) is 3.35. The van der Waals surface area contributed by atoms with Gasteiger partial charge in [-0.1, -0.05) is 62.7 Å². The molecule has 5 heteroatoms. The third-order valence-electron chi connectivity index (χ3n) is 5.10. The molecule has 0 unspecified atom stereocenters. The molecule has 0 aliphatic rings. The van der Waals surface area contributed by atoms with E-state index < -0.39 is 6.04 Å². The summed E-state index contributed by atoms with van der Waals surface area (Å²) in [5, 5.41) is 2.88. The zero-order chi connectivity index (χ0) is 22.1. The summed E-state index contributed by atoms with van der Waals surface area (Å²) in [6.45, 7) is 10.9. The lowest BCUT2D eigenvalue weighted by Gasteiger charge is -2.28. The fraction of sp³-hybridized carbons (Fsp3) is 0.440. The molecular formula is C25H34N2O3. The molecule has 162 valence electrons. The molecule has 0 saturated heterocycles. The summed E-state index contributed by atoms with van der Waals surface area (Å²) < 4.78 is 5.73. The first-order valence-corrected chi connectivity index (χ1v) is 10.7. The van der Waals surface area contributed by atoms with Crippen molar-refractivity contribution in [3.63, 3.8) is 0 Å². The van der Waals surface area contributed by atoms with Crippen molar-refractivity contribution in [3.05, 3.63) is 65.2 Å². The van der Waals surface area contributed by atoms with Crippen LogP contribution in [0.2, 0.25) is 0 Å². The lowest BCUT2D eigenvalue weighted by atomic mass is 10.0. The standard InChI is InChI=1S/C25H34N2O3/c1-6-15-26-25(29)20(5)27(16-21-9-7-19(4)8-10-21)24(28)17-30-23-13-11-22(12-14-23)18(2)3/h7-14,18,20H,6,15-17H2,1-5H3,(H,26,29)/t20-/m0/s1. The van der Waals surface area contributed by atoms with Crippen molar-refractivity contribution in [2.24, 2.45) is 0 Å². The normalized spacial score (nSPS) is 11.8. The Morgan fingerprint density at radius 3 is 2.20 bits per heavy atom. The summed E-state index contributed by atoms with van der Waals surface area (Å²) in [6.07, 6.45) is 0.847. The molecule has 0 aromatic heterocycles. The van der Waals surface area contributed by atoms with Gasteiger partial charge in [0.1, 0.15) is 11.8 Å².